The number of hydrogen-bond acceptors (Lipinski definition) is 7. The Morgan fingerprint density at radius 2 is 1.93 bits per heavy atom. The van der Waals surface area contributed by atoms with Crippen molar-refractivity contribution in [2.24, 2.45) is 0 Å². The topological polar surface area (TPSA) is 103 Å². The molecule has 140 valence electrons. The average molecular weight is 385 g/mol. The highest BCUT2D eigenvalue weighted by Gasteiger charge is 2.19. The van der Waals surface area contributed by atoms with E-state index in [2.05, 4.69) is 21.2 Å². The number of benzene rings is 1. The van der Waals surface area contributed by atoms with Crippen LogP contribution in [0.15, 0.2) is 35.7 Å². The molecular formula is C18H19N5O3S. The molecule has 3 rings (SSSR count). The van der Waals surface area contributed by atoms with Gasteiger partial charge in [0.25, 0.3) is 5.69 Å². The van der Waals surface area contributed by atoms with E-state index in [0.717, 1.165) is 31.9 Å². The van der Waals surface area contributed by atoms with E-state index in [1.54, 1.807) is 23.6 Å². The number of nitro groups is 1. The highest BCUT2D eigenvalue weighted by molar-refractivity contribution is 7.14. The van der Waals surface area contributed by atoms with Gasteiger partial charge in [-0.05, 0) is 23.6 Å². The molecule has 1 saturated heterocycles. The van der Waals surface area contributed by atoms with E-state index < -0.39 is 4.92 Å². The maximum absolute atomic E-state index is 12.1. The number of anilines is 2. The van der Waals surface area contributed by atoms with Crippen LogP contribution >= 0.6 is 11.3 Å². The normalized spacial score (nSPS) is 14.6. The van der Waals surface area contributed by atoms with Crippen molar-refractivity contribution in [3.8, 4) is 6.07 Å². The van der Waals surface area contributed by atoms with Crippen molar-refractivity contribution in [2.45, 2.75) is 6.42 Å². The van der Waals surface area contributed by atoms with Crippen LogP contribution in [0.5, 0.6) is 0 Å². The quantitative estimate of drug-likeness (QED) is 0.606. The number of carbonyl (C=O) groups excluding carboxylic acids is 1. The van der Waals surface area contributed by atoms with Gasteiger partial charge in [0.2, 0.25) is 5.91 Å². The number of thiophene rings is 1. The molecular weight excluding hydrogens is 366 g/mol. The van der Waals surface area contributed by atoms with Crippen LogP contribution in [0.25, 0.3) is 0 Å². The maximum Gasteiger partial charge on any atom is 0.269 e. The summed E-state index contributed by atoms with van der Waals surface area (Å²) in [5, 5.41) is 24.9. The van der Waals surface area contributed by atoms with E-state index in [0.29, 0.717) is 23.5 Å². The minimum atomic E-state index is -0.400. The van der Waals surface area contributed by atoms with Gasteiger partial charge in [-0.15, -0.1) is 11.3 Å². The van der Waals surface area contributed by atoms with E-state index in [4.69, 9.17) is 5.26 Å². The summed E-state index contributed by atoms with van der Waals surface area (Å²) >= 11 is 1.35. The van der Waals surface area contributed by atoms with Gasteiger partial charge in [-0.1, -0.05) is 0 Å². The monoisotopic (exact) mass is 385 g/mol. The molecule has 1 aliphatic rings. The van der Waals surface area contributed by atoms with E-state index in [9.17, 15) is 14.9 Å². The smallest absolute Gasteiger partial charge is 0.269 e. The van der Waals surface area contributed by atoms with Crippen LogP contribution in [0.4, 0.5) is 16.4 Å². The SMILES string of the molecule is N#Cc1ccsc1NC(=O)CCN1CCN(c2ccc([N+](=O)[O-])cc2)CC1. The number of nitrogens with zero attached hydrogens (tertiary/aromatic N) is 4. The molecule has 0 aliphatic carbocycles. The fraction of sp³-hybridized carbons (Fsp3) is 0.333. The number of piperazine rings is 1. The summed E-state index contributed by atoms with van der Waals surface area (Å²) in [5.74, 6) is -0.0910. The van der Waals surface area contributed by atoms with E-state index in [1.165, 1.54) is 23.5 Å². The number of non-ortho nitro benzene ring substituents is 1. The van der Waals surface area contributed by atoms with E-state index in [-0.39, 0.29) is 11.6 Å². The second-order valence-corrected chi connectivity index (χ2v) is 7.09. The third kappa shape index (κ3) is 4.81. The summed E-state index contributed by atoms with van der Waals surface area (Å²) in [6.07, 6.45) is 0.375. The molecule has 1 aromatic heterocycles. The van der Waals surface area contributed by atoms with Gasteiger partial charge in [0.15, 0.2) is 0 Å². The number of amides is 1. The standard InChI is InChI=1S/C18H19N5O3S/c19-13-14-6-12-27-18(14)20-17(24)5-7-21-8-10-22(11-9-21)15-1-3-16(4-2-15)23(25)26/h1-4,6,12H,5,7-11H2,(H,20,24). The first-order valence-electron chi connectivity index (χ1n) is 8.56. The molecule has 0 atom stereocenters. The van der Waals surface area contributed by atoms with Gasteiger partial charge >= 0.3 is 0 Å². The van der Waals surface area contributed by atoms with E-state index >= 15 is 0 Å². The van der Waals surface area contributed by atoms with Crippen LogP contribution in [-0.2, 0) is 4.79 Å². The predicted molar refractivity (Wildman–Crippen MR) is 104 cm³/mol. The molecule has 0 saturated carbocycles. The van der Waals surface area contributed by atoms with Crippen LogP contribution in [0, 0.1) is 21.4 Å². The first kappa shape index (κ1) is 18.8. The number of nitro benzene ring substituents is 1. The molecule has 9 heteroatoms. The Balaban J connectivity index is 1.43. The summed E-state index contributed by atoms with van der Waals surface area (Å²) in [6.45, 7) is 3.93. The predicted octanol–water partition coefficient (Wildman–Crippen LogP) is 2.68. The van der Waals surface area contributed by atoms with Crippen molar-refractivity contribution in [2.75, 3.05) is 42.9 Å². The summed E-state index contributed by atoms with van der Waals surface area (Å²) in [6, 6.07) is 10.3. The van der Waals surface area contributed by atoms with Crippen molar-refractivity contribution >= 4 is 33.6 Å². The largest absolute Gasteiger partial charge is 0.369 e. The van der Waals surface area contributed by atoms with Crippen molar-refractivity contribution in [1.29, 1.82) is 5.26 Å². The van der Waals surface area contributed by atoms with Gasteiger partial charge in [0.1, 0.15) is 11.1 Å². The number of nitriles is 1. The van der Waals surface area contributed by atoms with Gasteiger partial charge in [-0.25, -0.2) is 0 Å². The molecule has 27 heavy (non-hydrogen) atoms. The van der Waals surface area contributed by atoms with Gasteiger partial charge in [0, 0.05) is 57.0 Å². The lowest BCUT2D eigenvalue weighted by Gasteiger charge is -2.36. The zero-order chi connectivity index (χ0) is 19.2. The summed E-state index contributed by atoms with van der Waals surface area (Å²) in [4.78, 5) is 26.8. The first-order valence-corrected chi connectivity index (χ1v) is 9.44. The Labute approximate surface area is 160 Å². The third-order valence-corrected chi connectivity index (χ3v) is 5.32. The minimum absolute atomic E-state index is 0.0910. The molecule has 0 spiro atoms. The van der Waals surface area contributed by atoms with Crippen LogP contribution in [0.2, 0.25) is 0 Å². The minimum Gasteiger partial charge on any atom is -0.369 e. The van der Waals surface area contributed by atoms with E-state index in [1.807, 2.05) is 0 Å². The highest BCUT2D eigenvalue weighted by Crippen LogP contribution is 2.23. The molecule has 1 amide bonds. The van der Waals surface area contributed by atoms with Gasteiger partial charge in [0.05, 0.1) is 10.5 Å². The molecule has 2 heterocycles. The second-order valence-electron chi connectivity index (χ2n) is 6.18. The average Bonchev–Trinajstić information content (AvgIpc) is 3.14. The number of hydrogen-bond donors (Lipinski definition) is 1. The van der Waals surface area contributed by atoms with Crippen molar-refractivity contribution < 1.29 is 9.72 Å². The van der Waals surface area contributed by atoms with Crippen LogP contribution in [-0.4, -0.2) is 48.5 Å². The van der Waals surface area contributed by atoms with Crippen LogP contribution in [0.1, 0.15) is 12.0 Å². The first-order chi connectivity index (χ1) is 13.1. The maximum atomic E-state index is 12.1. The highest BCUT2D eigenvalue weighted by atomic mass is 32.1. The Hall–Kier alpha value is -2.96. The zero-order valence-corrected chi connectivity index (χ0v) is 15.4. The molecule has 1 aliphatic heterocycles. The Morgan fingerprint density at radius 3 is 2.56 bits per heavy atom. The van der Waals surface area contributed by atoms with Crippen molar-refractivity contribution in [3.05, 3.63) is 51.4 Å². The summed E-state index contributed by atoms with van der Waals surface area (Å²) in [7, 11) is 0. The molecule has 0 unspecified atom stereocenters. The summed E-state index contributed by atoms with van der Waals surface area (Å²) in [5.41, 5.74) is 1.55. The molecule has 0 bridgehead atoms. The number of carbonyl (C=O) groups is 1. The van der Waals surface area contributed by atoms with Crippen LogP contribution < -0.4 is 10.2 Å². The van der Waals surface area contributed by atoms with Crippen LogP contribution in [0.3, 0.4) is 0 Å². The molecule has 0 radical (unpaired) electrons. The Morgan fingerprint density at radius 1 is 1.22 bits per heavy atom. The molecule has 1 aromatic carbocycles. The third-order valence-electron chi connectivity index (χ3n) is 4.49. The van der Waals surface area contributed by atoms with Gasteiger partial charge in [-0.3, -0.25) is 19.8 Å². The molecule has 1 N–H and O–H groups in total. The summed E-state index contributed by atoms with van der Waals surface area (Å²) < 4.78 is 0. The second kappa shape index (κ2) is 8.62. The van der Waals surface area contributed by atoms with Crippen molar-refractivity contribution in [1.82, 2.24) is 4.90 Å². The molecule has 2 aromatic rings. The van der Waals surface area contributed by atoms with Gasteiger partial charge in [-0.2, -0.15) is 5.26 Å². The Kier molecular flexibility index (Phi) is 6.01. The Bertz CT molecular complexity index is 851. The lowest BCUT2D eigenvalue weighted by molar-refractivity contribution is -0.384. The number of rotatable bonds is 6. The molecule has 1 fully saturated rings. The van der Waals surface area contributed by atoms with Gasteiger partial charge < -0.3 is 10.2 Å². The number of nitrogens with one attached hydrogen (secondary N) is 1. The lowest BCUT2D eigenvalue weighted by atomic mass is 10.2. The fourth-order valence-corrected chi connectivity index (χ4v) is 3.71. The fourth-order valence-electron chi connectivity index (χ4n) is 2.96. The van der Waals surface area contributed by atoms with Crippen molar-refractivity contribution in [3.63, 3.8) is 0 Å². The lowest BCUT2D eigenvalue weighted by Crippen LogP contribution is -2.47. The molecule has 8 nitrogen and oxygen atoms in total. The zero-order valence-electron chi connectivity index (χ0n) is 14.6.